The fourth-order valence-corrected chi connectivity index (χ4v) is 2.87. The largest absolute Gasteiger partial charge is 0.451 e. The van der Waals surface area contributed by atoms with Gasteiger partial charge in [0.05, 0.1) is 5.52 Å². The number of nitrogens with one attached hydrogen (secondary N) is 1. The van der Waals surface area contributed by atoms with Gasteiger partial charge in [-0.2, -0.15) is 5.10 Å². The highest BCUT2D eigenvalue weighted by atomic mass is 16.5. The van der Waals surface area contributed by atoms with Crippen molar-refractivity contribution in [1.82, 2.24) is 15.1 Å². The molecule has 0 aliphatic carbocycles. The van der Waals surface area contributed by atoms with E-state index in [1.165, 1.54) is 0 Å². The van der Waals surface area contributed by atoms with Crippen LogP contribution in [0.3, 0.4) is 0 Å². The van der Waals surface area contributed by atoms with E-state index in [2.05, 4.69) is 10.2 Å². The van der Waals surface area contributed by atoms with Crippen molar-refractivity contribution in [2.45, 2.75) is 32.2 Å². The molecule has 1 aliphatic rings. The van der Waals surface area contributed by atoms with E-state index in [9.17, 15) is 9.59 Å². The Morgan fingerprint density at radius 1 is 1.36 bits per heavy atom. The molecule has 2 heterocycles. The average molecular weight is 301 g/mol. The second-order valence-corrected chi connectivity index (χ2v) is 5.63. The van der Waals surface area contributed by atoms with Crippen molar-refractivity contribution in [3.05, 3.63) is 30.0 Å². The fraction of sp³-hybridized carbons (Fsp3) is 0.438. The monoisotopic (exact) mass is 301 g/mol. The number of nitrogens with zero attached hydrogens (tertiary/aromatic N) is 2. The first kappa shape index (κ1) is 14.6. The number of hydrogen-bond donors (Lipinski definition) is 1. The van der Waals surface area contributed by atoms with Gasteiger partial charge in [-0.05, 0) is 32.3 Å². The number of piperidine rings is 1. The highest BCUT2D eigenvalue weighted by molar-refractivity contribution is 6.02. The first-order valence-electron chi connectivity index (χ1n) is 7.56. The van der Waals surface area contributed by atoms with Gasteiger partial charge in [-0.25, -0.2) is 4.79 Å². The van der Waals surface area contributed by atoms with Crippen molar-refractivity contribution in [3.8, 4) is 0 Å². The molecule has 2 aromatic rings. The molecule has 22 heavy (non-hydrogen) atoms. The van der Waals surface area contributed by atoms with Gasteiger partial charge in [-0.15, -0.1) is 0 Å². The minimum Gasteiger partial charge on any atom is -0.451 e. The summed E-state index contributed by atoms with van der Waals surface area (Å²) >= 11 is 0. The van der Waals surface area contributed by atoms with E-state index in [0.29, 0.717) is 5.39 Å². The van der Waals surface area contributed by atoms with Crippen LogP contribution in [0.1, 0.15) is 36.7 Å². The van der Waals surface area contributed by atoms with Crippen molar-refractivity contribution in [1.29, 1.82) is 0 Å². The SMILES string of the molecule is C[C@H]1CCCCN1C(=O)COC(=O)c1n[nH]c2ccccc12. The van der Waals surface area contributed by atoms with Crippen molar-refractivity contribution in [2.24, 2.45) is 0 Å². The first-order valence-corrected chi connectivity index (χ1v) is 7.56. The lowest BCUT2D eigenvalue weighted by molar-refractivity contribution is -0.137. The van der Waals surface area contributed by atoms with Crippen LogP contribution < -0.4 is 0 Å². The van der Waals surface area contributed by atoms with Crippen LogP contribution in [0.25, 0.3) is 10.9 Å². The summed E-state index contributed by atoms with van der Waals surface area (Å²) < 4.78 is 5.15. The Morgan fingerprint density at radius 2 is 2.18 bits per heavy atom. The Bertz CT molecular complexity index is 695. The molecule has 0 unspecified atom stereocenters. The van der Waals surface area contributed by atoms with Gasteiger partial charge in [0, 0.05) is 18.0 Å². The number of esters is 1. The third-order valence-electron chi connectivity index (χ3n) is 4.11. The Balaban J connectivity index is 1.63. The average Bonchev–Trinajstić information content (AvgIpc) is 2.97. The third kappa shape index (κ3) is 2.81. The molecular weight excluding hydrogens is 282 g/mol. The van der Waals surface area contributed by atoms with E-state index in [1.54, 1.807) is 11.0 Å². The van der Waals surface area contributed by atoms with Crippen molar-refractivity contribution in [2.75, 3.05) is 13.2 Å². The number of aromatic nitrogens is 2. The topological polar surface area (TPSA) is 75.3 Å². The summed E-state index contributed by atoms with van der Waals surface area (Å²) in [6, 6.07) is 7.53. The number of hydrogen-bond acceptors (Lipinski definition) is 4. The fourth-order valence-electron chi connectivity index (χ4n) is 2.87. The van der Waals surface area contributed by atoms with E-state index < -0.39 is 5.97 Å². The number of benzene rings is 1. The Kier molecular flexibility index (Phi) is 4.09. The van der Waals surface area contributed by atoms with E-state index in [-0.39, 0.29) is 24.2 Å². The van der Waals surface area contributed by atoms with E-state index in [0.717, 1.165) is 31.3 Å². The lowest BCUT2D eigenvalue weighted by atomic mass is 10.0. The smallest absolute Gasteiger partial charge is 0.359 e. The van der Waals surface area contributed by atoms with Gasteiger partial charge in [0.15, 0.2) is 12.3 Å². The molecule has 6 heteroatoms. The summed E-state index contributed by atoms with van der Waals surface area (Å²) in [6.07, 6.45) is 3.15. The van der Waals surface area contributed by atoms with Crippen LogP contribution in [-0.4, -0.2) is 46.2 Å². The summed E-state index contributed by atoms with van der Waals surface area (Å²) in [5.41, 5.74) is 0.987. The highest BCUT2D eigenvalue weighted by Gasteiger charge is 2.24. The van der Waals surface area contributed by atoms with Crippen molar-refractivity contribution >= 4 is 22.8 Å². The maximum absolute atomic E-state index is 12.2. The molecular formula is C16H19N3O3. The maximum Gasteiger partial charge on any atom is 0.359 e. The van der Waals surface area contributed by atoms with Gasteiger partial charge in [0.1, 0.15) is 0 Å². The molecule has 0 saturated carbocycles. The van der Waals surface area contributed by atoms with E-state index in [4.69, 9.17) is 4.74 Å². The predicted octanol–water partition coefficient (Wildman–Crippen LogP) is 2.12. The molecule has 1 saturated heterocycles. The van der Waals surface area contributed by atoms with Crippen LogP contribution in [0.5, 0.6) is 0 Å². The molecule has 116 valence electrons. The van der Waals surface area contributed by atoms with Gasteiger partial charge >= 0.3 is 5.97 Å². The number of para-hydroxylation sites is 1. The van der Waals surface area contributed by atoms with Gasteiger partial charge in [0.25, 0.3) is 5.91 Å². The molecule has 1 aliphatic heterocycles. The van der Waals surface area contributed by atoms with E-state index in [1.807, 2.05) is 25.1 Å². The normalized spacial score (nSPS) is 18.4. The maximum atomic E-state index is 12.2. The molecule has 0 spiro atoms. The van der Waals surface area contributed by atoms with Crippen LogP contribution in [0.2, 0.25) is 0 Å². The molecule has 1 fully saturated rings. The number of carbonyl (C=O) groups is 2. The molecule has 0 radical (unpaired) electrons. The zero-order valence-electron chi connectivity index (χ0n) is 12.5. The number of carbonyl (C=O) groups excluding carboxylic acids is 2. The molecule has 1 atom stereocenters. The summed E-state index contributed by atoms with van der Waals surface area (Å²) in [5, 5.41) is 7.46. The second kappa shape index (κ2) is 6.17. The zero-order chi connectivity index (χ0) is 15.5. The number of rotatable bonds is 3. The Hall–Kier alpha value is -2.37. The first-order chi connectivity index (χ1) is 10.7. The number of H-pyrrole nitrogens is 1. The summed E-state index contributed by atoms with van der Waals surface area (Å²) in [4.78, 5) is 26.1. The molecule has 1 aromatic carbocycles. The number of ether oxygens (including phenoxy) is 1. The number of amides is 1. The van der Waals surface area contributed by atoms with E-state index >= 15 is 0 Å². The standard InChI is InChI=1S/C16H19N3O3/c1-11-6-4-5-9-19(11)14(20)10-22-16(21)15-12-7-2-3-8-13(12)17-18-15/h2-3,7-8,11H,4-6,9-10H2,1H3,(H,17,18)/t11-/m0/s1. The van der Waals surface area contributed by atoms with Gasteiger partial charge in [-0.3, -0.25) is 9.89 Å². The van der Waals surface area contributed by atoms with Crippen molar-refractivity contribution in [3.63, 3.8) is 0 Å². The minimum absolute atomic E-state index is 0.139. The predicted molar refractivity (Wildman–Crippen MR) is 81.4 cm³/mol. The Labute approximate surface area is 128 Å². The number of aromatic amines is 1. The van der Waals surface area contributed by atoms with Crippen LogP contribution in [0.4, 0.5) is 0 Å². The van der Waals surface area contributed by atoms with Gasteiger partial charge in [0.2, 0.25) is 0 Å². The van der Waals surface area contributed by atoms with Crippen molar-refractivity contribution < 1.29 is 14.3 Å². The molecule has 6 nitrogen and oxygen atoms in total. The van der Waals surface area contributed by atoms with Gasteiger partial charge < -0.3 is 9.64 Å². The molecule has 1 aromatic heterocycles. The molecule has 1 amide bonds. The quantitative estimate of drug-likeness (QED) is 0.881. The second-order valence-electron chi connectivity index (χ2n) is 5.63. The van der Waals surface area contributed by atoms with Crippen LogP contribution in [0.15, 0.2) is 24.3 Å². The number of fused-ring (bicyclic) bond motifs is 1. The van der Waals surface area contributed by atoms with Crippen LogP contribution >= 0.6 is 0 Å². The third-order valence-corrected chi connectivity index (χ3v) is 4.11. The molecule has 1 N–H and O–H groups in total. The highest BCUT2D eigenvalue weighted by Crippen LogP contribution is 2.18. The lowest BCUT2D eigenvalue weighted by Gasteiger charge is -2.33. The molecule has 0 bridgehead atoms. The summed E-state index contributed by atoms with van der Waals surface area (Å²) in [5.74, 6) is -0.712. The van der Waals surface area contributed by atoms with Crippen LogP contribution in [0, 0.1) is 0 Å². The molecule has 3 rings (SSSR count). The summed E-state index contributed by atoms with van der Waals surface area (Å²) in [6.45, 7) is 2.54. The van der Waals surface area contributed by atoms with Gasteiger partial charge in [-0.1, -0.05) is 18.2 Å². The zero-order valence-corrected chi connectivity index (χ0v) is 12.5. The minimum atomic E-state index is -0.574. The number of likely N-dealkylation sites (tertiary alicyclic amines) is 1. The Morgan fingerprint density at radius 3 is 3.00 bits per heavy atom. The van der Waals surface area contributed by atoms with Crippen LogP contribution in [-0.2, 0) is 9.53 Å². The lowest BCUT2D eigenvalue weighted by Crippen LogP contribution is -2.44. The summed E-state index contributed by atoms with van der Waals surface area (Å²) in [7, 11) is 0.